The molecule has 1 atom stereocenters. The Bertz CT molecular complexity index is 428. The summed E-state index contributed by atoms with van der Waals surface area (Å²) in [6.07, 6.45) is 4.70. The summed E-state index contributed by atoms with van der Waals surface area (Å²) in [5.74, 6) is 1.35. The second-order valence-electron chi connectivity index (χ2n) is 5.19. The van der Waals surface area contributed by atoms with Crippen LogP contribution in [0.5, 0.6) is 0 Å². The lowest BCUT2D eigenvalue weighted by atomic mass is 10.1. The molecule has 0 spiro atoms. The molecule has 20 heavy (non-hydrogen) atoms. The van der Waals surface area contributed by atoms with Crippen LogP contribution in [0.2, 0.25) is 0 Å². The van der Waals surface area contributed by atoms with Crippen LogP contribution < -0.4 is 5.32 Å². The molecule has 2 amide bonds. The lowest BCUT2D eigenvalue weighted by Crippen LogP contribution is -2.37. The predicted molar refractivity (Wildman–Crippen MR) is 74.2 cm³/mol. The fourth-order valence-corrected chi connectivity index (χ4v) is 2.29. The standard InChI is InChI=1S/C13H23N5O2/c1-10-15-12(17-16-10)9-14-13(19)18(2)7-3-5-11-6-4-8-20-11/h11H,3-9H2,1-2H3,(H,14,19)(H,15,16,17). The number of aryl methyl sites for hydroxylation is 1. The first-order valence-electron chi connectivity index (χ1n) is 7.13. The smallest absolute Gasteiger partial charge is 0.317 e. The molecule has 1 saturated heterocycles. The maximum absolute atomic E-state index is 11.9. The number of amides is 2. The summed E-state index contributed by atoms with van der Waals surface area (Å²) in [4.78, 5) is 17.7. The average molecular weight is 281 g/mol. The van der Waals surface area contributed by atoms with Gasteiger partial charge in [-0.3, -0.25) is 5.10 Å². The highest BCUT2D eigenvalue weighted by atomic mass is 16.5. The number of nitrogens with zero attached hydrogens (tertiary/aromatic N) is 3. The van der Waals surface area contributed by atoms with Gasteiger partial charge in [-0.1, -0.05) is 0 Å². The molecule has 2 rings (SSSR count). The van der Waals surface area contributed by atoms with Crippen LogP contribution in [0.25, 0.3) is 0 Å². The largest absolute Gasteiger partial charge is 0.378 e. The Morgan fingerprint density at radius 1 is 1.60 bits per heavy atom. The van der Waals surface area contributed by atoms with Crippen LogP contribution in [0.1, 0.15) is 37.3 Å². The van der Waals surface area contributed by atoms with E-state index < -0.39 is 0 Å². The van der Waals surface area contributed by atoms with E-state index in [2.05, 4.69) is 20.5 Å². The quantitative estimate of drug-likeness (QED) is 0.821. The number of aromatic nitrogens is 3. The van der Waals surface area contributed by atoms with Gasteiger partial charge in [-0.15, -0.1) is 0 Å². The third kappa shape index (κ3) is 4.48. The number of carbonyl (C=O) groups excluding carboxylic acids is 1. The molecule has 0 saturated carbocycles. The highest BCUT2D eigenvalue weighted by molar-refractivity contribution is 5.73. The molecule has 2 heterocycles. The van der Waals surface area contributed by atoms with Gasteiger partial charge in [0.2, 0.25) is 0 Å². The van der Waals surface area contributed by atoms with Gasteiger partial charge < -0.3 is 15.0 Å². The molecule has 2 N–H and O–H groups in total. The summed E-state index contributed by atoms with van der Waals surface area (Å²) in [5.41, 5.74) is 0. The maximum Gasteiger partial charge on any atom is 0.317 e. The van der Waals surface area contributed by atoms with Crippen LogP contribution in [0.3, 0.4) is 0 Å². The minimum atomic E-state index is -0.0974. The van der Waals surface area contributed by atoms with E-state index in [0.717, 1.165) is 44.7 Å². The van der Waals surface area contributed by atoms with Gasteiger partial charge in [0.25, 0.3) is 0 Å². The minimum absolute atomic E-state index is 0.0974. The van der Waals surface area contributed by atoms with Gasteiger partial charge in [-0.2, -0.15) is 5.10 Å². The number of H-pyrrole nitrogens is 1. The van der Waals surface area contributed by atoms with Gasteiger partial charge in [0, 0.05) is 20.2 Å². The van der Waals surface area contributed by atoms with Crippen molar-refractivity contribution in [3.8, 4) is 0 Å². The molecular formula is C13H23N5O2. The van der Waals surface area contributed by atoms with Crippen LogP contribution in [-0.2, 0) is 11.3 Å². The summed E-state index contributed by atoms with van der Waals surface area (Å²) in [7, 11) is 1.80. The molecular weight excluding hydrogens is 258 g/mol. The molecule has 1 aliphatic rings. The monoisotopic (exact) mass is 281 g/mol. The van der Waals surface area contributed by atoms with Crippen molar-refractivity contribution in [3.63, 3.8) is 0 Å². The van der Waals surface area contributed by atoms with Crippen molar-refractivity contribution in [2.24, 2.45) is 0 Å². The second kappa shape index (κ2) is 7.23. The summed E-state index contributed by atoms with van der Waals surface area (Å²) in [5, 5.41) is 9.52. The van der Waals surface area contributed by atoms with Crippen molar-refractivity contribution < 1.29 is 9.53 Å². The fourth-order valence-electron chi connectivity index (χ4n) is 2.29. The number of aromatic amines is 1. The van der Waals surface area contributed by atoms with Crippen LogP contribution in [0, 0.1) is 6.92 Å². The van der Waals surface area contributed by atoms with Crippen molar-refractivity contribution >= 4 is 6.03 Å². The topological polar surface area (TPSA) is 83.1 Å². The van der Waals surface area contributed by atoms with Gasteiger partial charge >= 0.3 is 6.03 Å². The third-order valence-corrected chi connectivity index (χ3v) is 3.43. The average Bonchev–Trinajstić information content (AvgIpc) is 3.07. The van der Waals surface area contributed by atoms with Crippen LogP contribution in [-0.4, -0.2) is 52.4 Å². The SMILES string of the molecule is Cc1nc(CNC(=O)N(C)CCCC2CCCO2)n[nH]1. The summed E-state index contributed by atoms with van der Waals surface area (Å²) < 4.78 is 5.56. The molecule has 1 aliphatic heterocycles. The summed E-state index contributed by atoms with van der Waals surface area (Å²) in [6, 6.07) is -0.0974. The number of hydrogen-bond donors (Lipinski definition) is 2. The van der Waals surface area contributed by atoms with E-state index in [9.17, 15) is 4.79 Å². The Balaban J connectivity index is 1.61. The molecule has 0 aliphatic carbocycles. The fraction of sp³-hybridized carbons (Fsp3) is 0.769. The van der Waals surface area contributed by atoms with Gasteiger partial charge in [-0.25, -0.2) is 9.78 Å². The van der Waals surface area contributed by atoms with E-state index in [1.165, 1.54) is 0 Å². The van der Waals surface area contributed by atoms with Gasteiger partial charge in [0.05, 0.1) is 12.6 Å². The zero-order chi connectivity index (χ0) is 14.4. The first-order chi connectivity index (χ1) is 9.65. The molecule has 1 aromatic rings. The number of urea groups is 1. The van der Waals surface area contributed by atoms with E-state index in [4.69, 9.17) is 4.74 Å². The first kappa shape index (κ1) is 14.8. The Kier molecular flexibility index (Phi) is 5.34. The lowest BCUT2D eigenvalue weighted by molar-refractivity contribution is 0.100. The minimum Gasteiger partial charge on any atom is -0.378 e. The van der Waals surface area contributed by atoms with E-state index in [1.54, 1.807) is 11.9 Å². The van der Waals surface area contributed by atoms with Crippen molar-refractivity contribution in [1.29, 1.82) is 0 Å². The molecule has 1 fully saturated rings. The Hall–Kier alpha value is -1.63. The van der Waals surface area contributed by atoms with E-state index in [0.29, 0.717) is 18.5 Å². The van der Waals surface area contributed by atoms with Gasteiger partial charge in [0.15, 0.2) is 5.82 Å². The van der Waals surface area contributed by atoms with Crippen molar-refractivity contribution in [1.82, 2.24) is 25.4 Å². The van der Waals surface area contributed by atoms with Crippen LogP contribution >= 0.6 is 0 Å². The second-order valence-corrected chi connectivity index (χ2v) is 5.19. The summed E-state index contributed by atoms with van der Waals surface area (Å²) in [6.45, 7) is 3.80. The van der Waals surface area contributed by atoms with E-state index in [1.807, 2.05) is 6.92 Å². The molecule has 7 nitrogen and oxygen atoms in total. The molecule has 0 bridgehead atoms. The maximum atomic E-state index is 11.9. The Morgan fingerprint density at radius 3 is 3.10 bits per heavy atom. The third-order valence-electron chi connectivity index (χ3n) is 3.43. The molecule has 7 heteroatoms. The summed E-state index contributed by atoms with van der Waals surface area (Å²) >= 11 is 0. The Morgan fingerprint density at radius 2 is 2.45 bits per heavy atom. The highest BCUT2D eigenvalue weighted by Gasteiger charge is 2.16. The van der Waals surface area contributed by atoms with Crippen LogP contribution in [0.15, 0.2) is 0 Å². The van der Waals surface area contributed by atoms with Gasteiger partial charge in [-0.05, 0) is 32.6 Å². The number of ether oxygens (including phenoxy) is 1. The molecule has 0 radical (unpaired) electrons. The van der Waals surface area contributed by atoms with Gasteiger partial charge in [0.1, 0.15) is 5.82 Å². The predicted octanol–water partition coefficient (Wildman–Crippen LogP) is 1.21. The number of carbonyl (C=O) groups is 1. The number of hydrogen-bond acceptors (Lipinski definition) is 4. The zero-order valence-electron chi connectivity index (χ0n) is 12.2. The van der Waals surface area contributed by atoms with Crippen molar-refractivity contribution in [2.45, 2.75) is 45.3 Å². The van der Waals surface area contributed by atoms with Crippen LogP contribution in [0.4, 0.5) is 4.79 Å². The zero-order valence-corrected chi connectivity index (χ0v) is 12.2. The molecule has 1 aromatic heterocycles. The number of rotatable bonds is 6. The molecule has 0 aromatic carbocycles. The van der Waals surface area contributed by atoms with Crippen molar-refractivity contribution in [3.05, 3.63) is 11.6 Å². The molecule has 1 unspecified atom stereocenters. The van der Waals surface area contributed by atoms with E-state index in [-0.39, 0.29) is 6.03 Å². The highest BCUT2D eigenvalue weighted by Crippen LogP contribution is 2.16. The van der Waals surface area contributed by atoms with Crippen molar-refractivity contribution in [2.75, 3.05) is 20.2 Å². The lowest BCUT2D eigenvalue weighted by Gasteiger charge is -2.18. The van der Waals surface area contributed by atoms with E-state index >= 15 is 0 Å². The molecule has 112 valence electrons. The first-order valence-corrected chi connectivity index (χ1v) is 7.13. The normalized spacial score (nSPS) is 18.2. The number of nitrogens with one attached hydrogen (secondary N) is 2. The Labute approximate surface area is 119 Å².